The zero-order valence-corrected chi connectivity index (χ0v) is 20.6. The van der Waals surface area contributed by atoms with Gasteiger partial charge in [-0.25, -0.2) is 4.79 Å². The smallest absolute Gasteiger partial charge is 0.347 e. The molecule has 3 fully saturated rings. The van der Waals surface area contributed by atoms with Crippen LogP contribution in [0.25, 0.3) is 0 Å². The van der Waals surface area contributed by atoms with E-state index < -0.39 is 35.5 Å². The summed E-state index contributed by atoms with van der Waals surface area (Å²) in [5.74, 6) is -1.56. The van der Waals surface area contributed by atoms with Gasteiger partial charge in [0.25, 0.3) is 0 Å². The Morgan fingerprint density at radius 3 is 2.67 bits per heavy atom. The summed E-state index contributed by atoms with van der Waals surface area (Å²) in [6.45, 7) is 15.7. The SMILES string of the molecule is C=C1CC2OC(C3C(C(C)C)CC=C(C)C23)C2(C)OC1(O)CC2OC(=O)C(CC)OC(C)=O. The molecule has 7 nitrogen and oxygen atoms in total. The number of carbonyl (C=O) groups excluding carboxylic acids is 2. The largest absolute Gasteiger partial charge is 0.456 e. The number of carbonyl (C=O) groups is 2. The highest BCUT2D eigenvalue weighted by Gasteiger charge is 2.68. The van der Waals surface area contributed by atoms with Crippen LogP contribution in [0.1, 0.15) is 67.2 Å². The molecule has 184 valence electrons. The van der Waals surface area contributed by atoms with Crippen LogP contribution in [0.2, 0.25) is 0 Å². The van der Waals surface area contributed by atoms with Gasteiger partial charge in [-0.15, -0.1) is 0 Å². The highest BCUT2D eigenvalue weighted by Crippen LogP contribution is 2.59. The van der Waals surface area contributed by atoms with Crippen molar-refractivity contribution < 1.29 is 33.6 Å². The van der Waals surface area contributed by atoms with Crippen molar-refractivity contribution in [3.8, 4) is 0 Å². The van der Waals surface area contributed by atoms with Gasteiger partial charge in [-0.1, -0.05) is 39.0 Å². The first kappa shape index (κ1) is 24.4. The molecule has 1 aliphatic carbocycles. The molecule has 33 heavy (non-hydrogen) atoms. The lowest BCUT2D eigenvalue weighted by Crippen LogP contribution is -2.55. The topological polar surface area (TPSA) is 91.3 Å². The Balaban J connectivity index is 1.72. The standard InChI is InChI=1S/C26H38O7/c1-8-18(30-16(6)27)24(28)32-20-12-26(29)15(5)11-19-21-14(4)9-10-17(13(2)3)22(21)23(31-19)25(20,7)33-26/h9,13,17-23,29H,5,8,10-12H2,1-4,6-7H3. The van der Waals surface area contributed by atoms with Gasteiger partial charge >= 0.3 is 11.9 Å². The second-order valence-electron chi connectivity index (χ2n) is 10.8. The fourth-order valence-electron chi connectivity index (χ4n) is 6.57. The molecular weight excluding hydrogens is 424 g/mol. The lowest BCUT2D eigenvalue weighted by molar-refractivity contribution is -0.251. The number of fused-ring (bicyclic) bond motifs is 8. The Morgan fingerprint density at radius 1 is 1.36 bits per heavy atom. The van der Waals surface area contributed by atoms with Crippen molar-refractivity contribution in [3.05, 3.63) is 23.8 Å². The van der Waals surface area contributed by atoms with Crippen molar-refractivity contribution in [2.45, 2.75) is 103 Å². The van der Waals surface area contributed by atoms with Gasteiger partial charge in [0, 0.05) is 31.6 Å². The van der Waals surface area contributed by atoms with E-state index in [0.29, 0.717) is 30.3 Å². The molecular formula is C26H38O7. The molecule has 3 aliphatic heterocycles. The van der Waals surface area contributed by atoms with E-state index in [1.54, 1.807) is 6.92 Å². The van der Waals surface area contributed by atoms with Gasteiger partial charge < -0.3 is 24.1 Å². The minimum absolute atomic E-state index is 0.0791. The van der Waals surface area contributed by atoms with E-state index >= 15 is 0 Å². The third-order valence-corrected chi connectivity index (χ3v) is 8.33. The molecule has 0 aromatic heterocycles. The molecule has 9 atom stereocenters. The maximum atomic E-state index is 13.0. The maximum absolute atomic E-state index is 13.0. The van der Waals surface area contributed by atoms with Crippen LogP contribution in [0.3, 0.4) is 0 Å². The third-order valence-electron chi connectivity index (χ3n) is 8.33. The molecule has 3 saturated heterocycles. The molecule has 4 rings (SSSR count). The summed E-state index contributed by atoms with van der Waals surface area (Å²) in [5, 5.41) is 11.5. The summed E-state index contributed by atoms with van der Waals surface area (Å²) in [6, 6.07) is 0. The van der Waals surface area contributed by atoms with Crippen LogP contribution in [0.15, 0.2) is 23.8 Å². The molecule has 0 radical (unpaired) electrons. The van der Waals surface area contributed by atoms with E-state index in [1.807, 2.05) is 6.92 Å². The summed E-state index contributed by atoms with van der Waals surface area (Å²) in [4.78, 5) is 24.4. The van der Waals surface area contributed by atoms with E-state index in [2.05, 4.69) is 33.4 Å². The molecule has 3 heterocycles. The molecule has 0 amide bonds. The summed E-state index contributed by atoms with van der Waals surface area (Å²) >= 11 is 0. The van der Waals surface area contributed by atoms with Crippen LogP contribution in [-0.4, -0.2) is 52.8 Å². The van der Waals surface area contributed by atoms with Gasteiger partial charge in [-0.3, -0.25) is 4.79 Å². The van der Waals surface area contributed by atoms with Crippen molar-refractivity contribution in [1.29, 1.82) is 0 Å². The van der Waals surface area contributed by atoms with Crippen molar-refractivity contribution in [2.24, 2.45) is 23.7 Å². The number of rotatable bonds is 5. The minimum Gasteiger partial charge on any atom is -0.456 e. The first-order chi connectivity index (χ1) is 15.4. The fraction of sp³-hybridized carbons (Fsp3) is 0.769. The summed E-state index contributed by atoms with van der Waals surface area (Å²) in [6.07, 6.45) is 1.95. The second-order valence-corrected chi connectivity index (χ2v) is 10.8. The predicted octanol–water partition coefficient (Wildman–Crippen LogP) is 3.69. The van der Waals surface area contributed by atoms with E-state index in [-0.39, 0.29) is 30.5 Å². The molecule has 7 heteroatoms. The zero-order chi connectivity index (χ0) is 24.3. The van der Waals surface area contributed by atoms with Gasteiger partial charge in [-0.05, 0) is 44.1 Å². The lowest BCUT2D eigenvalue weighted by Gasteiger charge is -2.44. The fourth-order valence-corrected chi connectivity index (χ4v) is 6.57. The maximum Gasteiger partial charge on any atom is 0.347 e. The molecule has 0 aromatic rings. The first-order valence-corrected chi connectivity index (χ1v) is 12.2. The van der Waals surface area contributed by atoms with Gasteiger partial charge in [0.2, 0.25) is 0 Å². The number of aliphatic hydroxyl groups is 1. The monoisotopic (exact) mass is 462 g/mol. The first-order valence-electron chi connectivity index (χ1n) is 12.2. The molecule has 4 bridgehead atoms. The van der Waals surface area contributed by atoms with Crippen molar-refractivity contribution >= 4 is 11.9 Å². The van der Waals surface area contributed by atoms with Crippen molar-refractivity contribution in [3.63, 3.8) is 0 Å². The summed E-state index contributed by atoms with van der Waals surface area (Å²) < 4.78 is 24.1. The lowest BCUT2D eigenvalue weighted by atomic mass is 9.63. The zero-order valence-electron chi connectivity index (χ0n) is 20.6. The Morgan fingerprint density at radius 2 is 2.06 bits per heavy atom. The number of hydrogen-bond donors (Lipinski definition) is 1. The molecule has 0 aromatic carbocycles. The summed E-state index contributed by atoms with van der Waals surface area (Å²) in [5.41, 5.74) is 0.785. The average molecular weight is 463 g/mol. The second kappa shape index (κ2) is 8.51. The van der Waals surface area contributed by atoms with Crippen LogP contribution in [0, 0.1) is 23.7 Å². The Hall–Kier alpha value is -1.70. The van der Waals surface area contributed by atoms with E-state index in [9.17, 15) is 14.7 Å². The van der Waals surface area contributed by atoms with E-state index in [4.69, 9.17) is 18.9 Å². The Bertz CT molecular complexity index is 863. The number of hydrogen-bond acceptors (Lipinski definition) is 7. The van der Waals surface area contributed by atoms with Crippen LogP contribution < -0.4 is 0 Å². The predicted molar refractivity (Wildman–Crippen MR) is 121 cm³/mol. The third kappa shape index (κ3) is 3.96. The highest BCUT2D eigenvalue weighted by atomic mass is 16.7. The van der Waals surface area contributed by atoms with Crippen LogP contribution in [-0.2, 0) is 28.5 Å². The van der Waals surface area contributed by atoms with Crippen molar-refractivity contribution in [2.75, 3.05) is 0 Å². The van der Waals surface area contributed by atoms with Crippen LogP contribution >= 0.6 is 0 Å². The Kier molecular flexibility index (Phi) is 6.30. The normalized spacial score (nSPS) is 42.8. The molecule has 4 aliphatic rings. The number of ether oxygens (including phenoxy) is 4. The van der Waals surface area contributed by atoms with Crippen molar-refractivity contribution in [1.82, 2.24) is 0 Å². The number of esters is 2. The molecule has 0 spiro atoms. The molecule has 0 saturated carbocycles. The minimum atomic E-state index is -1.60. The van der Waals surface area contributed by atoms with E-state index in [0.717, 1.165) is 6.42 Å². The van der Waals surface area contributed by atoms with Gasteiger partial charge in [-0.2, -0.15) is 0 Å². The quantitative estimate of drug-likeness (QED) is 0.492. The summed E-state index contributed by atoms with van der Waals surface area (Å²) in [7, 11) is 0. The van der Waals surface area contributed by atoms with Crippen LogP contribution in [0.4, 0.5) is 0 Å². The average Bonchev–Trinajstić information content (AvgIpc) is 3.24. The van der Waals surface area contributed by atoms with Gasteiger partial charge in [0.05, 0.1) is 12.2 Å². The Labute approximate surface area is 196 Å². The number of allylic oxidation sites excluding steroid dienone is 1. The molecule has 1 N–H and O–H groups in total. The van der Waals surface area contributed by atoms with E-state index in [1.165, 1.54) is 12.5 Å². The highest BCUT2D eigenvalue weighted by molar-refractivity contribution is 5.78. The van der Waals surface area contributed by atoms with Gasteiger partial charge in [0.15, 0.2) is 11.9 Å². The van der Waals surface area contributed by atoms with Crippen LogP contribution in [0.5, 0.6) is 0 Å². The van der Waals surface area contributed by atoms with Gasteiger partial charge in [0.1, 0.15) is 11.7 Å². The molecule has 9 unspecified atom stereocenters.